The van der Waals surface area contributed by atoms with Crippen molar-refractivity contribution in [2.75, 3.05) is 13.2 Å². The van der Waals surface area contributed by atoms with Gasteiger partial charge in [-0.2, -0.15) is 0 Å². The molecule has 0 fully saturated rings. The lowest BCUT2D eigenvalue weighted by molar-refractivity contribution is 0.0931. The number of hydrogen-bond acceptors (Lipinski definition) is 5. The zero-order valence-corrected chi connectivity index (χ0v) is 16.9. The SMILES string of the molecule is C=CCOc1ccccc1C(=O)NNC(=S)NC(=O)c1cccc(OCCC)c1. The van der Waals surface area contributed by atoms with Crippen molar-refractivity contribution < 1.29 is 19.1 Å². The molecular formula is C21H23N3O4S. The van der Waals surface area contributed by atoms with Crippen LogP contribution in [0.15, 0.2) is 61.2 Å². The largest absolute Gasteiger partial charge is 0.494 e. The molecule has 2 aromatic rings. The number of benzene rings is 2. The number of amides is 2. The molecule has 8 heteroatoms. The average molecular weight is 413 g/mol. The molecule has 0 aliphatic heterocycles. The van der Waals surface area contributed by atoms with Crippen molar-refractivity contribution in [1.29, 1.82) is 0 Å². The van der Waals surface area contributed by atoms with E-state index in [0.29, 0.717) is 29.2 Å². The van der Waals surface area contributed by atoms with Crippen LogP contribution < -0.4 is 25.6 Å². The Hall–Kier alpha value is -3.39. The van der Waals surface area contributed by atoms with Crippen molar-refractivity contribution in [2.24, 2.45) is 0 Å². The Morgan fingerprint density at radius 2 is 1.86 bits per heavy atom. The number of carbonyl (C=O) groups excluding carboxylic acids is 2. The molecule has 3 N–H and O–H groups in total. The summed E-state index contributed by atoms with van der Waals surface area (Å²) in [4.78, 5) is 24.7. The topological polar surface area (TPSA) is 88.7 Å². The summed E-state index contributed by atoms with van der Waals surface area (Å²) in [6.07, 6.45) is 2.45. The Balaban J connectivity index is 1.90. The van der Waals surface area contributed by atoms with E-state index < -0.39 is 11.8 Å². The van der Waals surface area contributed by atoms with Gasteiger partial charge in [0.05, 0.1) is 12.2 Å². The Kier molecular flexibility index (Phi) is 8.65. The summed E-state index contributed by atoms with van der Waals surface area (Å²) in [5.74, 6) is 0.123. The van der Waals surface area contributed by atoms with Crippen LogP contribution in [0.25, 0.3) is 0 Å². The highest BCUT2D eigenvalue weighted by Gasteiger charge is 2.13. The predicted octanol–water partition coefficient (Wildman–Crippen LogP) is 2.99. The molecule has 7 nitrogen and oxygen atoms in total. The number of para-hydroxylation sites is 1. The zero-order valence-electron chi connectivity index (χ0n) is 16.1. The van der Waals surface area contributed by atoms with Crippen molar-refractivity contribution in [3.8, 4) is 11.5 Å². The minimum atomic E-state index is -0.462. The second-order valence-corrected chi connectivity index (χ2v) is 6.24. The summed E-state index contributed by atoms with van der Waals surface area (Å²) in [5.41, 5.74) is 5.65. The Labute approximate surface area is 175 Å². The molecule has 0 spiro atoms. The first-order chi connectivity index (χ1) is 14.0. The summed E-state index contributed by atoms with van der Waals surface area (Å²) in [6, 6.07) is 13.5. The monoisotopic (exact) mass is 413 g/mol. The lowest BCUT2D eigenvalue weighted by Gasteiger charge is -2.13. The van der Waals surface area contributed by atoms with Gasteiger partial charge in [0, 0.05) is 5.56 Å². The van der Waals surface area contributed by atoms with E-state index >= 15 is 0 Å². The fourth-order valence-electron chi connectivity index (χ4n) is 2.26. The first-order valence-electron chi connectivity index (χ1n) is 9.02. The lowest BCUT2D eigenvalue weighted by Crippen LogP contribution is -2.48. The minimum Gasteiger partial charge on any atom is -0.494 e. The molecule has 2 aromatic carbocycles. The third-order valence-electron chi connectivity index (χ3n) is 3.57. The van der Waals surface area contributed by atoms with E-state index in [1.807, 2.05) is 6.92 Å². The molecule has 2 rings (SSSR count). The van der Waals surface area contributed by atoms with Crippen LogP contribution in [0.4, 0.5) is 0 Å². The molecule has 0 atom stereocenters. The van der Waals surface area contributed by atoms with Crippen molar-refractivity contribution in [3.63, 3.8) is 0 Å². The molecule has 0 aliphatic rings. The molecule has 0 radical (unpaired) electrons. The van der Waals surface area contributed by atoms with E-state index in [9.17, 15) is 9.59 Å². The van der Waals surface area contributed by atoms with Gasteiger partial charge in [-0.25, -0.2) is 0 Å². The third kappa shape index (κ3) is 6.93. The summed E-state index contributed by atoms with van der Waals surface area (Å²) in [5, 5.41) is 2.45. The van der Waals surface area contributed by atoms with Gasteiger partial charge in [-0.3, -0.25) is 25.8 Å². The summed E-state index contributed by atoms with van der Waals surface area (Å²) in [7, 11) is 0. The molecular weight excluding hydrogens is 390 g/mol. The summed E-state index contributed by atoms with van der Waals surface area (Å²) < 4.78 is 11.0. The second-order valence-electron chi connectivity index (χ2n) is 5.83. The van der Waals surface area contributed by atoms with E-state index in [2.05, 4.69) is 22.7 Å². The van der Waals surface area contributed by atoms with E-state index in [1.165, 1.54) is 0 Å². The number of hydrogen-bond donors (Lipinski definition) is 3. The molecule has 0 aromatic heterocycles. The Morgan fingerprint density at radius 1 is 1.07 bits per heavy atom. The summed E-state index contributed by atoms with van der Waals surface area (Å²) in [6.45, 7) is 6.41. The lowest BCUT2D eigenvalue weighted by atomic mass is 10.2. The van der Waals surface area contributed by atoms with Gasteiger partial charge in [0.1, 0.15) is 18.1 Å². The first-order valence-corrected chi connectivity index (χ1v) is 9.43. The standard InChI is InChI=1S/C21H23N3O4S/c1-3-12-27-16-9-7-8-15(14-16)19(25)22-21(29)24-23-20(26)17-10-5-6-11-18(17)28-13-4-2/h4-11,14H,2-3,12-13H2,1H3,(H,23,26)(H2,22,24,25,29). The molecule has 0 unspecified atom stereocenters. The van der Waals surface area contributed by atoms with Crippen LogP contribution >= 0.6 is 12.2 Å². The van der Waals surface area contributed by atoms with Gasteiger partial charge in [-0.1, -0.05) is 37.8 Å². The molecule has 0 saturated heterocycles. The van der Waals surface area contributed by atoms with Gasteiger partial charge in [0.2, 0.25) is 0 Å². The van der Waals surface area contributed by atoms with Crippen molar-refractivity contribution >= 4 is 29.1 Å². The van der Waals surface area contributed by atoms with E-state index in [0.717, 1.165) is 6.42 Å². The van der Waals surface area contributed by atoms with Crippen LogP contribution in [0.2, 0.25) is 0 Å². The van der Waals surface area contributed by atoms with Gasteiger partial charge < -0.3 is 9.47 Å². The maximum absolute atomic E-state index is 12.4. The molecule has 0 heterocycles. The van der Waals surface area contributed by atoms with Gasteiger partial charge in [0.25, 0.3) is 11.8 Å². The Morgan fingerprint density at radius 3 is 2.62 bits per heavy atom. The smallest absolute Gasteiger partial charge is 0.273 e. The highest BCUT2D eigenvalue weighted by Crippen LogP contribution is 2.17. The second kappa shape index (κ2) is 11.5. The first kappa shape index (κ1) is 21.9. The molecule has 2 amide bonds. The molecule has 152 valence electrons. The van der Waals surface area contributed by atoms with Gasteiger partial charge in [-0.05, 0) is 49.0 Å². The fourth-order valence-corrected chi connectivity index (χ4v) is 2.41. The third-order valence-corrected chi connectivity index (χ3v) is 3.78. The minimum absolute atomic E-state index is 0.0484. The van der Waals surface area contributed by atoms with Gasteiger partial charge in [0.15, 0.2) is 5.11 Å². The van der Waals surface area contributed by atoms with Gasteiger partial charge in [-0.15, -0.1) is 0 Å². The quantitative estimate of drug-likeness (QED) is 0.350. The van der Waals surface area contributed by atoms with Crippen LogP contribution in [0.5, 0.6) is 11.5 Å². The van der Waals surface area contributed by atoms with Crippen molar-refractivity contribution in [1.82, 2.24) is 16.2 Å². The van der Waals surface area contributed by atoms with Crippen molar-refractivity contribution in [2.45, 2.75) is 13.3 Å². The van der Waals surface area contributed by atoms with Crippen LogP contribution in [0.3, 0.4) is 0 Å². The number of rotatable bonds is 8. The number of hydrazine groups is 1. The average Bonchev–Trinajstić information content (AvgIpc) is 2.75. The molecule has 0 aliphatic carbocycles. The van der Waals surface area contributed by atoms with Crippen LogP contribution in [-0.2, 0) is 0 Å². The van der Waals surface area contributed by atoms with E-state index in [4.69, 9.17) is 21.7 Å². The highest BCUT2D eigenvalue weighted by molar-refractivity contribution is 7.80. The van der Waals surface area contributed by atoms with Crippen LogP contribution in [0, 0.1) is 0 Å². The van der Waals surface area contributed by atoms with Gasteiger partial charge >= 0.3 is 0 Å². The number of ether oxygens (including phenoxy) is 2. The number of nitrogens with one attached hydrogen (secondary N) is 3. The van der Waals surface area contributed by atoms with Crippen molar-refractivity contribution in [3.05, 3.63) is 72.3 Å². The van der Waals surface area contributed by atoms with E-state index in [1.54, 1.807) is 54.6 Å². The highest BCUT2D eigenvalue weighted by atomic mass is 32.1. The van der Waals surface area contributed by atoms with Crippen LogP contribution in [0.1, 0.15) is 34.1 Å². The molecule has 29 heavy (non-hydrogen) atoms. The normalized spacial score (nSPS) is 9.83. The molecule has 0 bridgehead atoms. The van der Waals surface area contributed by atoms with E-state index in [-0.39, 0.29) is 11.7 Å². The Bertz CT molecular complexity index is 886. The summed E-state index contributed by atoms with van der Waals surface area (Å²) >= 11 is 5.07. The number of thiocarbonyl (C=S) groups is 1. The molecule has 0 saturated carbocycles. The fraction of sp³-hybridized carbons (Fsp3) is 0.190. The van der Waals surface area contributed by atoms with Crippen LogP contribution in [-0.4, -0.2) is 30.1 Å². The maximum Gasteiger partial charge on any atom is 0.273 e. The predicted molar refractivity (Wildman–Crippen MR) is 115 cm³/mol. The number of carbonyl (C=O) groups is 2. The zero-order chi connectivity index (χ0) is 21.1. The maximum atomic E-state index is 12.4.